The van der Waals surface area contributed by atoms with Gasteiger partial charge in [-0.25, -0.2) is 9.78 Å². The van der Waals surface area contributed by atoms with Crippen molar-refractivity contribution in [2.24, 2.45) is 0 Å². The Kier molecular flexibility index (Phi) is 4.50. The van der Waals surface area contributed by atoms with Crippen LogP contribution >= 0.6 is 0 Å². The molecule has 1 N–H and O–H groups in total. The number of carboxylic acids is 1. The molecule has 0 aliphatic heterocycles. The number of pyridine rings is 1. The van der Waals surface area contributed by atoms with E-state index in [0.29, 0.717) is 5.52 Å². The molecule has 0 atom stereocenters. The summed E-state index contributed by atoms with van der Waals surface area (Å²) in [6.07, 6.45) is 0. The fourth-order valence-electron chi connectivity index (χ4n) is 3.07. The highest BCUT2D eigenvalue weighted by molar-refractivity contribution is 5.98. The molecule has 0 spiro atoms. The van der Waals surface area contributed by atoms with E-state index in [-0.39, 0.29) is 5.69 Å². The van der Waals surface area contributed by atoms with Crippen molar-refractivity contribution in [1.29, 1.82) is 0 Å². The Morgan fingerprint density at radius 3 is 1.52 bits per heavy atom. The van der Waals surface area contributed by atoms with E-state index in [4.69, 9.17) is 5.11 Å². The van der Waals surface area contributed by atoms with E-state index in [0.717, 1.165) is 5.39 Å². The zero-order valence-corrected chi connectivity index (χ0v) is 14.5. The highest BCUT2D eigenvalue weighted by Gasteiger charge is 2.03. The number of aromatic carboxylic acids is 1. The number of aromatic nitrogens is 1. The number of hydrogen-bond donors (Lipinski definition) is 1. The number of nitrogens with zero attached hydrogens (tertiary/aromatic N) is 1. The van der Waals surface area contributed by atoms with Gasteiger partial charge in [0, 0.05) is 5.39 Å². The minimum atomic E-state index is -0.995. The van der Waals surface area contributed by atoms with Gasteiger partial charge in [0.15, 0.2) is 0 Å². The lowest BCUT2D eigenvalue weighted by Crippen LogP contribution is -1.99. The Morgan fingerprint density at radius 2 is 1.04 bits per heavy atom. The SMILES string of the molecule is O=C(O)c1ccc2ccccc2n1.c1ccc2cc3ccccc3cc2c1. The fraction of sp³-hybridized carbons (Fsp3) is 0. The van der Waals surface area contributed by atoms with E-state index in [1.165, 1.54) is 27.6 Å². The van der Waals surface area contributed by atoms with Gasteiger partial charge in [-0.3, -0.25) is 0 Å². The zero-order valence-electron chi connectivity index (χ0n) is 14.5. The van der Waals surface area contributed by atoms with Crippen LogP contribution in [-0.4, -0.2) is 16.1 Å². The summed E-state index contributed by atoms with van der Waals surface area (Å²) in [6, 6.07) is 32.1. The zero-order chi connectivity index (χ0) is 18.6. The van der Waals surface area contributed by atoms with Gasteiger partial charge in [-0.2, -0.15) is 0 Å². The van der Waals surface area contributed by atoms with E-state index in [9.17, 15) is 4.79 Å². The Bertz CT molecular complexity index is 1160. The molecule has 0 bridgehead atoms. The Hall–Kier alpha value is -3.72. The predicted octanol–water partition coefficient (Wildman–Crippen LogP) is 5.93. The highest BCUT2D eigenvalue weighted by atomic mass is 16.4. The van der Waals surface area contributed by atoms with Crippen LogP contribution in [0.2, 0.25) is 0 Å². The molecule has 0 saturated heterocycles. The molecule has 0 aliphatic carbocycles. The summed E-state index contributed by atoms with van der Waals surface area (Å²) in [6.45, 7) is 0. The standard InChI is InChI=1S/C14H10.C10H7NO2/c1-2-6-12-10-14-8-4-3-7-13(14)9-11(12)5-1;12-10(13)9-6-5-7-3-1-2-4-8(7)11-9/h1-10H;1-6H,(H,12,13). The number of fused-ring (bicyclic) bond motifs is 3. The van der Waals surface area contributed by atoms with Crippen LogP contribution in [0.25, 0.3) is 32.4 Å². The molecule has 0 aliphatic rings. The summed E-state index contributed by atoms with van der Waals surface area (Å²) in [5.74, 6) is -0.995. The van der Waals surface area contributed by atoms with Gasteiger partial charge >= 0.3 is 5.97 Å². The Labute approximate surface area is 156 Å². The molecule has 1 aromatic heterocycles. The van der Waals surface area contributed by atoms with Crippen molar-refractivity contribution in [3.63, 3.8) is 0 Å². The molecule has 0 fully saturated rings. The van der Waals surface area contributed by atoms with Crippen LogP contribution in [-0.2, 0) is 0 Å². The van der Waals surface area contributed by atoms with Crippen LogP contribution in [0.15, 0.2) is 97.1 Å². The molecule has 5 aromatic rings. The molecule has 5 rings (SSSR count). The van der Waals surface area contributed by atoms with E-state index in [2.05, 4.69) is 65.6 Å². The third kappa shape index (κ3) is 3.62. The molecule has 3 nitrogen and oxygen atoms in total. The first kappa shape index (κ1) is 16.7. The number of carbonyl (C=O) groups is 1. The molecule has 130 valence electrons. The smallest absolute Gasteiger partial charge is 0.354 e. The van der Waals surface area contributed by atoms with Crippen LogP contribution in [0.5, 0.6) is 0 Å². The van der Waals surface area contributed by atoms with Crippen molar-refractivity contribution >= 4 is 38.4 Å². The molecule has 0 radical (unpaired) electrons. The number of rotatable bonds is 1. The van der Waals surface area contributed by atoms with Gasteiger partial charge in [0.1, 0.15) is 5.69 Å². The van der Waals surface area contributed by atoms with Gasteiger partial charge in [0.2, 0.25) is 0 Å². The van der Waals surface area contributed by atoms with Crippen molar-refractivity contribution < 1.29 is 9.90 Å². The lowest BCUT2D eigenvalue weighted by atomic mass is 10.0. The van der Waals surface area contributed by atoms with Crippen molar-refractivity contribution in [2.75, 3.05) is 0 Å². The van der Waals surface area contributed by atoms with E-state index >= 15 is 0 Å². The van der Waals surface area contributed by atoms with Crippen LogP contribution in [0.3, 0.4) is 0 Å². The Balaban J connectivity index is 0.000000134. The monoisotopic (exact) mass is 351 g/mol. The second-order valence-corrected chi connectivity index (χ2v) is 6.24. The topological polar surface area (TPSA) is 50.2 Å². The minimum absolute atomic E-state index is 0.0821. The van der Waals surface area contributed by atoms with Gasteiger partial charge in [-0.15, -0.1) is 0 Å². The Morgan fingerprint density at radius 1 is 0.593 bits per heavy atom. The number of benzene rings is 4. The van der Waals surface area contributed by atoms with E-state index in [1.54, 1.807) is 12.1 Å². The fourth-order valence-corrected chi connectivity index (χ4v) is 3.07. The number of para-hydroxylation sites is 1. The molecule has 0 amide bonds. The molecule has 0 unspecified atom stereocenters. The van der Waals surface area contributed by atoms with Gasteiger partial charge < -0.3 is 5.11 Å². The second kappa shape index (κ2) is 7.26. The van der Waals surface area contributed by atoms with Crippen molar-refractivity contribution in [1.82, 2.24) is 4.98 Å². The van der Waals surface area contributed by atoms with Gasteiger partial charge in [-0.1, -0.05) is 72.8 Å². The normalized spacial score (nSPS) is 10.5. The molecule has 0 saturated carbocycles. The van der Waals surface area contributed by atoms with Gasteiger partial charge in [-0.05, 0) is 45.8 Å². The summed E-state index contributed by atoms with van der Waals surface area (Å²) in [5, 5.41) is 14.9. The minimum Gasteiger partial charge on any atom is -0.477 e. The first-order valence-electron chi connectivity index (χ1n) is 8.67. The molecular weight excluding hydrogens is 334 g/mol. The van der Waals surface area contributed by atoms with Crippen molar-refractivity contribution in [2.45, 2.75) is 0 Å². The van der Waals surface area contributed by atoms with Crippen LogP contribution in [0.1, 0.15) is 10.5 Å². The molecular formula is C24H17NO2. The number of carboxylic acid groups (broad SMARTS) is 1. The molecule has 4 aromatic carbocycles. The largest absolute Gasteiger partial charge is 0.477 e. The second-order valence-electron chi connectivity index (χ2n) is 6.24. The third-order valence-corrected chi connectivity index (χ3v) is 4.43. The molecule has 3 heteroatoms. The summed E-state index contributed by atoms with van der Waals surface area (Å²) in [7, 11) is 0. The summed E-state index contributed by atoms with van der Waals surface area (Å²) < 4.78 is 0. The van der Waals surface area contributed by atoms with E-state index in [1.807, 2.05) is 18.2 Å². The maximum atomic E-state index is 10.6. The predicted molar refractivity (Wildman–Crippen MR) is 110 cm³/mol. The molecule has 27 heavy (non-hydrogen) atoms. The maximum Gasteiger partial charge on any atom is 0.354 e. The van der Waals surface area contributed by atoms with Gasteiger partial charge in [0.05, 0.1) is 5.52 Å². The van der Waals surface area contributed by atoms with Crippen molar-refractivity contribution in [3.05, 3.63) is 103 Å². The highest BCUT2D eigenvalue weighted by Crippen LogP contribution is 2.22. The van der Waals surface area contributed by atoms with Crippen LogP contribution in [0.4, 0.5) is 0 Å². The number of hydrogen-bond acceptors (Lipinski definition) is 2. The van der Waals surface area contributed by atoms with Crippen LogP contribution in [0, 0.1) is 0 Å². The average Bonchev–Trinajstić information content (AvgIpc) is 2.72. The first-order valence-corrected chi connectivity index (χ1v) is 8.67. The molecule has 1 heterocycles. The summed E-state index contributed by atoms with van der Waals surface area (Å²) in [4.78, 5) is 14.6. The van der Waals surface area contributed by atoms with Crippen molar-refractivity contribution in [3.8, 4) is 0 Å². The summed E-state index contributed by atoms with van der Waals surface area (Å²) >= 11 is 0. The summed E-state index contributed by atoms with van der Waals surface area (Å²) in [5.41, 5.74) is 0.793. The quantitative estimate of drug-likeness (QED) is 0.381. The lowest BCUT2D eigenvalue weighted by molar-refractivity contribution is 0.0691. The van der Waals surface area contributed by atoms with Crippen LogP contribution < -0.4 is 0 Å². The van der Waals surface area contributed by atoms with E-state index < -0.39 is 5.97 Å². The first-order chi connectivity index (χ1) is 13.2. The maximum absolute atomic E-state index is 10.6. The lowest BCUT2D eigenvalue weighted by Gasteiger charge is -2.00. The average molecular weight is 351 g/mol. The third-order valence-electron chi connectivity index (χ3n) is 4.43. The van der Waals surface area contributed by atoms with Gasteiger partial charge in [0.25, 0.3) is 0 Å².